The Labute approximate surface area is 156 Å². The van der Waals surface area contributed by atoms with Crippen molar-refractivity contribution < 1.29 is 9.53 Å². The number of ether oxygens (including phenoxy) is 1. The first-order valence-electron chi connectivity index (χ1n) is 8.89. The fourth-order valence-electron chi connectivity index (χ4n) is 2.83. The van der Waals surface area contributed by atoms with E-state index in [2.05, 4.69) is 15.4 Å². The van der Waals surface area contributed by atoms with Crippen LogP contribution in [0.3, 0.4) is 0 Å². The maximum absolute atomic E-state index is 12.7. The zero-order valence-electron chi connectivity index (χ0n) is 15.5. The number of aryl methyl sites for hydroxylation is 1. The van der Waals surface area contributed by atoms with E-state index < -0.39 is 0 Å². The molecule has 0 atom stereocenters. The molecule has 0 radical (unpaired) electrons. The number of rotatable bonds is 8. The quantitative estimate of drug-likeness (QED) is 0.642. The zero-order valence-corrected chi connectivity index (χ0v) is 15.5. The number of nitrogens with zero attached hydrogens (tertiary/aromatic N) is 4. The van der Waals surface area contributed by atoms with Gasteiger partial charge in [0.2, 0.25) is 5.91 Å². The molecule has 0 saturated carbocycles. The summed E-state index contributed by atoms with van der Waals surface area (Å²) in [7, 11) is 0. The maximum Gasteiger partial charge on any atom is 0.264 e. The van der Waals surface area contributed by atoms with Crippen molar-refractivity contribution >= 4 is 16.9 Å². The van der Waals surface area contributed by atoms with Gasteiger partial charge in [0.15, 0.2) is 5.65 Å². The molecule has 0 bridgehead atoms. The SMILES string of the molecule is CCOCC(=O)NCCn1ncc2c(=O)n(Cc3cccc(C)c3)cnc21. The number of benzene rings is 1. The predicted molar refractivity (Wildman–Crippen MR) is 102 cm³/mol. The van der Waals surface area contributed by atoms with Crippen LogP contribution in [0.2, 0.25) is 0 Å². The van der Waals surface area contributed by atoms with Gasteiger partial charge in [-0.1, -0.05) is 29.8 Å². The molecular formula is C19H23N5O3. The maximum atomic E-state index is 12.7. The van der Waals surface area contributed by atoms with Crippen LogP contribution in [0.5, 0.6) is 0 Å². The van der Waals surface area contributed by atoms with Crippen molar-refractivity contribution in [2.24, 2.45) is 0 Å². The van der Waals surface area contributed by atoms with Crippen LogP contribution in [0.4, 0.5) is 0 Å². The van der Waals surface area contributed by atoms with Crippen LogP contribution in [0, 0.1) is 6.92 Å². The normalized spacial score (nSPS) is 11.0. The molecule has 27 heavy (non-hydrogen) atoms. The molecule has 0 aliphatic carbocycles. The van der Waals surface area contributed by atoms with E-state index in [9.17, 15) is 9.59 Å². The molecule has 0 saturated heterocycles. The van der Waals surface area contributed by atoms with Gasteiger partial charge in [-0.25, -0.2) is 9.67 Å². The van der Waals surface area contributed by atoms with E-state index in [0.717, 1.165) is 11.1 Å². The zero-order chi connectivity index (χ0) is 19.2. The van der Waals surface area contributed by atoms with Crippen molar-refractivity contribution in [2.45, 2.75) is 26.9 Å². The molecule has 0 spiro atoms. The lowest BCUT2D eigenvalue weighted by Gasteiger charge is -2.08. The molecule has 1 aromatic carbocycles. The minimum Gasteiger partial charge on any atom is -0.372 e. The molecule has 1 N–H and O–H groups in total. The van der Waals surface area contributed by atoms with Gasteiger partial charge >= 0.3 is 0 Å². The number of carbonyl (C=O) groups excluding carboxylic acids is 1. The van der Waals surface area contributed by atoms with Gasteiger partial charge in [0.05, 0.1) is 19.3 Å². The Kier molecular flexibility index (Phi) is 5.97. The van der Waals surface area contributed by atoms with Crippen molar-refractivity contribution in [2.75, 3.05) is 19.8 Å². The number of amides is 1. The van der Waals surface area contributed by atoms with Crippen LogP contribution in [0.25, 0.3) is 11.0 Å². The minimum atomic E-state index is -0.179. The molecule has 8 heteroatoms. The Morgan fingerprint density at radius 1 is 1.33 bits per heavy atom. The molecule has 0 unspecified atom stereocenters. The first kappa shape index (κ1) is 18.8. The highest BCUT2D eigenvalue weighted by atomic mass is 16.5. The molecule has 2 aromatic heterocycles. The highest BCUT2D eigenvalue weighted by Crippen LogP contribution is 2.08. The van der Waals surface area contributed by atoms with Crippen molar-refractivity contribution in [1.29, 1.82) is 0 Å². The Morgan fingerprint density at radius 2 is 2.19 bits per heavy atom. The topological polar surface area (TPSA) is 91.0 Å². The average molecular weight is 369 g/mol. The van der Waals surface area contributed by atoms with Crippen LogP contribution in [-0.4, -0.2) is 45.0 Å². The second-order valence-corrected chi connectivity index (χ2v) is 6.26. The van der Waals surface area contributed by atoms with E-state index in [1.165, 1.54) is 6.20 Å². The summed E-state index contributed by atoms with van der Waals surface area (Å²) in [4.78, 5) is 28.7. The number of hydrogen-bond acceptors (Lipinski definition) is 5. The molecule has 3 aromatic rings. The fourth-order valence-corrected chi connectivity index (χ4v) is 2.83. The molecule has 1 amide bonds. The number of aromatic nitrogens is 4. The summed E-state index contributed by atoms with van der Waals surface area (Å²) < 4.78 is 8.24. The summed E-state index contributed by atoms with van der Waals surface area (Å²) >= 11 is 0. The molecule has 0 aliphatic heterocycles. The van der Waals surface area contributed by atoms with Gasteiger partial charge in [-0.05, 0) is 19.4 Å². The Bertz CT molecular complexity index is 992. The minimum absolute atomic E-state index is 0.0400. The van der Waals surface area contributed by atoms with Crippen LogP contribution in [0.15, 0.2) is 41.6 Å². The van der Waals surface area contributed by atoms with Crippen LogP contribution < -0.4 is 10.9 Å². The van der Waals surface area contributed by atoms with Gasteiger partial charge in [-0.15, -0.1) is 0 Å². The number of nitrogens with one attached hydrogen (secondary N) is 1. The van der Waals surface area contributed by atoms with Crippen molar-refractivity contribution in [1.82, 2.24) is 24.6 Å². The second-order valence-electron chi connectivity index (χ2n) is 6.26. The Hall–Kier alpha value is -3.00. The van der Waals surface area contributed by atoms with E-state index in [-0.39, 0.29) is 18.1 Å². The van der Waals surface area contributed by atoms with Crippen LogP contribution in [-0.2, 0) is 22.6 Å². The first-order valence-corrected chi connectivity index (χ1v) is 8.89. The first-order chi connectivity index (χ1) is 13.1. The van der Waals surface area contributed by atoms with E-state index in [1.54, 1.807) is 15.6 Å². The Balaban J connectivity index is 1.71. The lowest BCUT2D eigenvalue weighted by Crippen LogP contribution is -2.31. The molecule has 0 aliphatic rings. The Morgan fingerprint density at radius 3 is 2.96 bits per heavy atom. The highest BCUT2D eigenvalue weighted by molar-refractivity contribution is 5.77. The summed E-state index contributed by atoms with van der Waals surface area (Å²) in [5.74, 6) is -0.179. The molecule has 142 valence electrons. The predicted octanol–water partition coefficient (Wildman–Crippen LogP) is 1.10. The summed E-state index contributed by atoms with van der Waals surface area (Å²) in [5.41, 5.74) is 2.57. The van der Waals surface area contributed by atoms with E-state index >= 15 is 0 Å². The van der Waals surface area contributed by atoms with E-state index in [1.807, 2.05) is 38.1 Å². The van der Waals surface area contributed by atoms with Gasteiger partial charge in [-0.2, -0.15) is 5.10 Å². The lowest BCUT2D eigenvalue weighted by molar-refractivity contribution is -0.125. The van der Waals surface area contributed by atoms with Crippen LogP contribution >= 0.6 is 0 Å². The van der Waals surface area contributed by atoms with Crippen molar-refractivity contribution in [3.8, 4) is 0 Å². The summed E-state index contributed by atoms with van der Waals surface area (Å²) in [6.45, 7) is 5.66. The number of hydrogen-bond donors (Lipinski definition) is 1. The van der Waals surface area contributed by atoms with Gasteiger partial charge in [-0.3, -0.25) is 14.2 Å². The largest absolute Gasteiger partial charge is 0.372 e. The third kappa shape index (κ3) is 4.59. The van der Waals surface area contributed by atoms with E-state index in [0.29, 0.717) is 37.3 Å². The molecular weight excluding hydrogens is 346 g/mol. The molecule has 3 rings (SSSR count). The van der Waals surface area contributed by atoms with E-state index in [4.69, 9.17) is 4.74 Å². The summed E-state index contributed by atoms with van der Waals surface area (Å²) in [6, 6.07) is 8.02. The number of carbonyl (C=O) groups is 1. The summed E-state index contributed by atoms with van der Waals surface area (Å²) in [5, 5.41) is 7.45. The standard InChI is InChI=1S/C19H23N5O3/c1-3-27-12-17(25)20-7-8-24-18-16(10-22-24)19(26)23(13-21-18)11-15-6-4-5-14(2)9-15/h4-6,9-10,13H,3,7-8,11-12H2,1-2H3,(H,20,25). The van der Waals surface area contributed by atoms with Crippen molar-refractivity contribution in [3.63, 3.8) is 0 Å². The third-order valence-corrected chi connectivity index (χ3v) is 4.14. The lowest BCUT2D eigenvalue weighted by atomic mass is 10.1. The van der Waals surface area contributed by atoms with Crippen molar-refractivity contribution in [3.05, 3.63) is 58.3 Å². The molecule has 2 heterocycles. The molecule has 8 nitrogen and oxygen atoms in total. The fraction of sp³-hybridized carbons (Fsp3) is 0.368. The smallest absolute Gasteiger partial charge is 0.264 e. The monoisotopic (exact) mass is 369 g/mol. The summed E-state index contributed by atoms with van der Waals surface area (Å²) in [6.07, 6.45) is 3.07. The van der Waals surface area contributed by atoms with Gasteiger partial charge < -0.3 is 10.1 Å². The third-order valence-electron chi connectivity index (χ3n) is 4.14. The van der Waals surface area contributed by atoms with Gasteiger partial charge in [0.1, 0.15) is 18.3 Å². The molecule has 0 fully saturated rings. The van der Waals surface area contributed by atoms with Crippen LogP contribution in [0.1, 0.15) is 18.1 Å². The highest BCUT2D eigenvalue weighted by Gasteiger charge is 2.11. The number of fused-ring (bicyclic) bond motifs is 1. The van der Waals surface area contributed by atoms with Gasteiger partial charge in [0.25, 0.3) is 5.56 Å². The second kappa shape index (κ2) is 8.59. The average Bonchev–Trinajstić information content (AvgIpc) is 3.06. The van der Waals surface area contributed by atoms with Gasteiger partial charge in [0, 0.05) is 13.2 Å².